The summed E-state index contributed by atoms with van der Waals surface area (Å²) in [6.45, 7) is 2.27. The third-order valence-electron chi connectivity index (χ3n) is 5.51. The lowest BCUT2D eigenvalue weighted by atomic mass is 10.1. The van der Waals surface area contributed by atoms with Crippen molar-refractivity contribution in [2.24, 2.45) is 0 Å². The summed E-state index contributed by atoms with van der Waals surface area (Å²) >= 11 is 15.1. The molecule has 9 heteroatoms. The number of nitrogens with zero attached hydrogens (tertiary/aromatic N) is 2. The highest BCUT2D eigenvalue weighted by Crippen LogP contribution is 2.32. The van der Waals surface area contributed by atoms with Gasteiger partial charge in [-0.3, -0.25) is 14.5 Å². The van der Waals surface area contributed by atoms with Gasteiger partial charge in [0.15, 0.2) is 5.11 Å². The van der Waals surface area contributed by atoms with Gasteiger partial charge in [0.2, 0.25) is 0 Å². The number of benzene rings is 3. The average molecular weight is 586 g/mol. The molecule has 0 radical (unpaired) electrons. The second-order valence-electron chi connectivity index (χ2n) is 8.06. The molecule has 1 fully saturated rings. The molecule has 184 valence electrons. The predicted molar refractivity (Wildman–Crippen MR) is 148 cm³/mol. The van der Waals surface area contributed by atoms with Crippen LogP contribution in [0.3, 0.4) is 0 Å². The summed E-state index contributed by atoms with van der Waals surface area (Å²) in [4.78, 5) is 28.4. The van der Waals surface area contributed by atoms with Gasteiger partial charge < -0.3 is 14.4 Å². The Morgan fingerprint density at radius 3 is 2.42 bits per heavy atom. The number of thiocarbonyl (C=S) groups is 1. The van der Waals surface area contributed by atoms with Gasteiger partial charge in [0.25, 0.3) is 5.91 Å². The van der Waals surface area contributed by atoms with Crippen LogP contribution in [0.4, 0.5) is 5.69 Å². The van der Waals surface area contributed by atoms with E-state index < -0.39 is 5.97 Å². The van der Waals surface area contributed by atoms with Crippen LogP contribution in [0.2, 0.25) is 5.02 Å². The molecule has 0 saturated carbocycles. The Labute approximate surface area is 228 Å². The molecule has 0 N–H and O–H groups in total. The van der Waals surface area contributed by atoms with Gasteiger partial charge in [0.1, 0.15) is 24.6 Å². The van der Waals surface area contributed by atoms with E-state index in [-0.39, 0.29) is 23.3 Å². The Hall–Kier alpha value is -3.20. The number of amides is 1. The zero-order valence-corrected chi connectivity index (χ0v) is 22.7. The highest BCUT2D eigenvalue weighted by atomic mass is 79.9. The lowest BCUT2D eigenvalue weighted by Crippen LogP contribution is -2.35. The van der Waals surface area contributed by atoms with E-state index in [0.29, 0.717) is 23.1 Å². The summed E-state index contributed by atoms with van der Waals surface area (Å²) in [6.07, 6.45) is 1.68. The summed E-state index contributed by atoms with van der Waals surface area (Å²) in [5.74, 6) is -0.211. The maximum atomic E-state index is 13.4. The van der Waals surface area contributed by atoms with E-state index in [1.54, 1.807) is 30.3 Å². The number of ether oxygens (including phenoxy) is 2. The number of hydrogen-bond donors (Lipinski definition) is 0. The molecule has 0 spiro atoms. The molecule has 3 aromatic rings. The fraction of sp³-hybridized carbons (Fsp3) is 0.148. The molecule has 1 aliphatic heterocycles. The van der Waals surface area contributed by atoms with Crippen LogP contribution in [0.15, 0.2) is 76.9 Å². The quantitative estimate of drug-likeness (QED) is 0.189. The minimum atomic E-state index is -0.518. The van der Waals surface area contributed by atoms with Crippen molar-refractivity contribution in [1.82, 2.24) is 4.90 Å². The molecule has 36 heavy (non-hydrogen) atoms. The van der Waals surface area contributed by atoms with E-state index in [2.05, 4.69) is 15.9 Å². The minimum Gasteiger partial charge on any atom is -0.488 e. The van der Waals surface area contributed by atoms with Gasteiger partial charge in [0, 0.05) is 5.02 Å². The van der Waals surface area contributed by atoms with E-state index in [0.717, 1.165) is 15.6 Å². The van der Waals surface area contributed by atoms with Crippen molar-refractivity contribution in [3.05, 3.63) is 98.6 Å². The Balaban J connectivity index is 1.61. The first-order valence-electron chi connectivity index (χ1n) is 10.9. The Bertz CT molecular complexity index is 1340. The number of halogens is 2. The number of esters is 1. The first kappa shape index (κ1) is 25.9. The van der Waals surface area contributed by atoms with Crippen molar-refractivity contribution < 1.29 is 19.1 Å². The van der Waals surface area contributed by atoms with Gasteiger partial charge in [-0.15, -0.1) is 0 Å². The van der Waals surface area contributed by atoms with Crippen LogP contribution in [0.1, 0.15) is 16.7 Å². The summed E-state index contributed by atoms with van der Waals surface area (Å²) < 4.78 is 11.5. The SMILES string of the molecule is COC(=O)CN1C(=S)N(c2ccc(Cl)cc2)C(=O)/C1=C/c1ccc(OCc2ccc(C)cc2)c(Br)c1. The van der Waals surface area contributed by atoms with E-state index in [9.17, 15) is 9.59 Å². The highest BCUT2D eigenvalue weighted by molar-refractivity contribution is 9.10. The van der Waals surface area contributed by atoms with Crippen LogP contribution in [0.5, 0.6) is 5.75 Å². The van der Waals surface area contributed by atoms with Gasteiger partial charge in [-0.1, -0.05) is 47.5 Å². The first-order chi connectivity index (χ1) is 17.3. The average Bonchev–Trinajstić information content (AvgIpc) is 3.09. The van der Waals surface area contributed by atoms with Gasteiger partial charge in [-0.2, -0.15) is 0 Å². The van der Waals surface area contributed by atoms with Gasteiger partial charge in [0.05, 0.1) is 17.3 Å². The van der Waals surface area contributed by atoms with Crippen LogP contribution < -0.4 is 9.64 Å². The van der Waals surface area contributed by atoms with Crippen LogP contribution in [0.25, 0.3) is 6.08 Å². The zero-order valence-electron chi connectivity index (χ0n) is 19.5. The highest BCUT2D eigenvalue weighted by Gasteiger charge is 2.40. The van der Waals surface area contributed by atoms with E-state index in [1.165, 1.54) is 22.5 Å². The number of hydrogen-bond acceptors (Lipinski definition) is 5. The van der Waals surface area contributed by atoms with Crippen LogP contribution in [0, 0.1) is 6.92 Å². The van der Waals surface area contributed by atoms with Crippen LogP contribution >= 0.6 is 39.7 Å². The van der Waals surface area contributed by atoms with Crippen molar-refractivity contribution in [2.45, 2.75) is 13.5 Å². The molecule has 4 rings (SSSR count). The summed E-state index contributed by atoms with van der Waals surface area (Å²) in [5.41, 5.74) is 3.77. The number of aryl methyl sites for hydroxylation is 1. The molecule has 6 nitrogen and oxygen atoms in total. The predicted octanol–water partition coefficient (Wildman–Crippen LogP) is 6.14. The molecule has 0 aromatic heterocycles. The van der Waals surface area contributed by atoms with E-state index in [1.807, 2.05) is 49.4 Å². The van der Waals surface area contributed by atoms with E-state index >= 15 is 0 Å². The molecule has 1 amide bonds. The molecule has 1 saturated heterocycles. The van der Waals surface area contributed by atoms with Crippen molar-refractivity contribution in [2.75, 3.05) is 18.6 Å². The Morgan fingerprint density at radius 1 is 1.08 bits per heavy atom. The zero-order chi connectivity index (χ0) is 25.8. The normalized spacial score (nSPS) is 14.5. The first-order valence-corrected chi connectivity index (χ1v) is 12.5. The van der Waals surface area contributed by atoms with Crippen LogP contribution in [-0.4, -0.2) is 35.5 Å². The minimum absolute atomic E-state index is 0.177. The third kappa shape index (κ3) is 5.78. The molecule has 0 aliphatic carbocycles. The topological polar surface area (TPSA) is 59.1 Å². The number of methoxy groups -OCH3 is 1. The van der Waals surface area contributed by atoms with Crippen LogP contribution in [-0.2, 0) is 20.9 Å². The largest absolute Gasteiger partial charge is 0.488 e. The number of carbonyl (C=O) groups excluding carboxylic acids is 2. The van der Waals surface area contributed by atoms with Crippen molar-refractivity contribution in [3.63, 3.8) is 0 Å². The Morgan fingerprint density at radius 2 is 1.78 bits per heavy atom. The lowest BCUT2D eigenvalue weighted by Gasteiger charge is -2.19. The molecule has 0 unspecified atom stereocenters. The van der Waals surface area contributed by atoms with Crippen molar-refractivity contribution in [1.29, 1.82) is 0 Å². The summed E-state index contributed by atoms with van der Waals surface area (Å²) in [6, 6.07) is 20.4. The maximum Gasteiger partial charge on any atom is 0.325 e. The molecular formula is C27H22BrClN2O4S. The van der Waals surface area contributed by atoms with Crippen molar-refractivity contribution >= 4 is 68.5 Å². The monoisotopic (exact) mass is 584 g/mol. The van der Waals surface area contributed by atoms with E-state index in [4.69, 9.17) is 33.3 Å². The molecule has 0 bridgehead atoms. The summed E-state index contributed by atoms with van der Waals surface area (Å²) in [5, 5.41) is 0.712. The van der Waals surface area contributed by atoms with Gasteiger partial charge in [-0.25, -0.2) is 0 Å². The third-order valence-corrected chi connectivity index (χ3v) is 6.78. The standard InChI is InChI=1S/C27H22BrClN2O4S/c1-17-3-5-18(6-4-17)16-35-24-12-7-19(13-22(24)28)14-23-26(33)31(21-10-8-20(29)9-11-21)27(36)30(23)15-25(32)34-2/h3-14H,15-16H2,1-2H3/b23-14-. The second kappa shape index (κ2) is 11.2. The fourth-order valence-electron chi connectivity index (χ4n) is 3.57. The van der Waals surface area contributed by atoms with Crippen molar-refractivity contribution in [3.8, 4) is 5.75 Å². The smallest absolute Gasteiger partial charge is 0.325 e. The lowest BCUT2D eigenvalue weighted by molar-refractivity contribution is -0.140. The maximum absolute atomic E-state index is 13.4. The number of anilines is 1. The Kier molecular flexibility index (Phi) is 8.08. The molecule has 1 heterocycles. The molecule has 1 aliphatic rings. The van der Waals surface area contributed by atoms with Gasteiger partial charge >= 0.3 is 5.97 Å². The second-order valence-corrected chi connectivity index (χ2v) is 9.71. The molecule has 3 aromatic carbocycles. The van der Waals surface area contributed by atoms with Gasteiger partial charge in [-0.05, 0) is 88.7 Å². The molecular weight excluding hydrogens is 564 g/mol. The fourth-order valence-corrected chi connectivity index (χ4v) is 4.56. The summed E-state index contributed by atoms with van der Waals surface area (Å²) in [7, 11) is 1.29. The number of carbonyl (C=O) groups is 2. The molecule has 0 atom stereocenters. The number of rotatable bonds is 7.